The molecule has 0 aliphatic heterocycles. The SMILES string of the molecule is Cc1ccn(-c2ccc(CNC(=O)C(C(=O)O)C(C)C)cn2)n1. The third-order valence-electron chi connectivity index (χ3n) is 3.45. The van der Waals surface area contributed by atoms with Crippen molar-refractivity contribution >= 4 is 11.9 Å². The molecule has 0 aliphatic carbocycles. The Hall–Kier alpha value is -2.70. The van der Waals surface area contributed by atoms with Crippen molar-refractivity contribution in [1.29, 1.82) is 0 Å². The fourth-order valence-corrected chi connectivity index (χ4v) is 2.20. The second-order valence-electron chi connectivity index (χ2n) is 5.70. The number of rotatable bonds is 6. The van der Waals surface area contributed by atoms with Gasteiger partial charge >= 0.3 is 5.97 Å². The van der Waals surface area contributed by atoms with Crippen molar-refractivity contribution < 1.29 is 14.7 Å². The molecule has 23 heavy (non-hydrogen) atoms. The Bertz CT molecular complexity index is 692. The molecule has 0 spiro atoms. The van der Waals surface area contributed by atoms with Crippen LogP contribution in [-0.2, 0) is 16.1 Å². The number of aryl methyl sites for hydroxylation is 1. The lowest BCUT2D eigenvalue weighted by atomic mass is 9.95. The van der Waals surface area contributed by atoms with E-state index < -0.39 is 17.8 Å². The van der Waals surface area contributed by atoms with Crippen LogP contribution >= 0.6 is 0 Å². The molecule has 1 atom stereocenters. The minimum atomic E-state index is -1.11. The van der Waals surface area contributed by atoms with Gasteiger partial charge in [-0.25, -0.2) is 9.67 Å². The first-order valence-electron chi connectivity index (χ1n) is 7.36. The number of pyridine rings is 1. The number of nitrogens with zero attached hydrogens (tertiary/aromatic N) is 3. The molecule has 0 saturated carbocycles. The molecule has 0 bridgehead atoms. The molecule has 2 rings (SSSR count). The van der Waals surface area contributed by atoms with Crippen LogP contribution in [0.1, 0.15) is 25.1 Å². The Morgan fingerprint density at radius 1 is 1.30 bits per heavy atom. The summed E-state index contributed by atoms with van der Waals surface area (Å²) in [6, 6.07) is 5.50. The van der Waals surface area contributed by atoms with E-state index in [0.29, 0.717) is 5.82 Å². The zero-order valence-corrected chi connectivity index (χ0v) is 13.4. The number of nitrogens with one attached hydrogen (secondary N) is 1. The normalized spacial score (nSPS) is 12.2. The lowest BCUT2D eigenvalue weighted by Gasteiger charge is -2.15. The Morgan fingerprint density at radius 2 is 2.04 bits per heavy atom. The second kappa shape index (κ2) is 7.04. The van der Waals surface area contributed by atoms with Crippen LogP contribution in [0.3, 0.4) is 0 Å². The van der Waals surface area contributed by atoms with Crippen LogP contribution in [0.25, 0.3) is 5.82 Å². The van der Waals surface area contributed by atoms with E-state index in [9.17, 15) is 9.59 Å². The van der Waals surface area contributed by atoms with Crippen molar-refractivity contribution in [2.75, 3.05) is 0 Å². The highest BCUT2D eigenvalue weighted by atomic mass is 16.4. The molecule has 7 heteroatoms. The first-order valence-corrected chi connectivity index (χ1v) is 7.36. The highest BCUT2D eigenvalue weighted by Crippen LogP contribution is 2.12. The van der Waals surface area contributed by atoms with E-state index in [1.54, 1.807) is 30.8 Å². The van der Waals surface area contributed by atoms with Crippen LogP contribution in [0.15, 0.2) is 30.6 Å². The van der Waals surface area contributed by atoms with Gasteiger partial charge in [-0.1, -0.05) is 19.9 Å². The molecule has 2 heterocycles. The summed E-state index contributed by atoms with van der Waals surface area (Å²) in [5, 5.41) is 16.0. The van der Waals surface area contributed by atoms with Crippen molar-refractivity contribution in [2.24, 2.45) is 11.8 Å². The Kier molecular flexibility index (Phi) is 5.10. The quantitative estimate of drug-likeness (QED) is 0.788. The monoisotopic (exact) mass is 316 g/mol. The van der Waals surface area contributed by atoms with Crippen molar-refractivity contribution in [1.82, 2.24) is 20.1 Å². The third-order valence-corrected chi connectivity index (χ3v) is 3.45. The van der Waals surface area contributed by atoms with E-state index in [1.165, 1.54) is 0 Å². The molecular weight excluding hydrogens is 296 g/mol. The number of carboxylic acids is 1. The lowest BCUT2D eigenvalue weighted by Crippen LogP contribution is -2.38. The fraction of sp³-hybridized carbons (Fsp3) is 0.375. The molecule has 1 amide bonds. The van der Waals surface area contributed by atoms with Gasteiger partial charge in [0.1, 0.15) is 5.92 Å². The number of hydrogen-bond donors (Lipinski definition) is 2. The number of amides is 1. The molecule has 1 unspecified atom stereocenters. The minimum Gasteiger partial charge on any atom is -0.481 e. The molecule has 7 nitrogen and oxygen atoms in total. The molecular formula is C16H20N4O3. The fourth-order valence-electron chi connectivity index (χ4n) is 2.20. The summed E-state index contributed by atoms with van der Waals surface area (Å²) in [7, 11) is 0. The van der Waals surface area contributed by atoms with Gasteiger partial charge in [0.25, 0.3) is 0 Å². The van der Waals surface area contributed by atoms with Crippen LogP contribution in [0.5, 0.6) is 0 Å². The predicted molar refractivity (Wildman–Crippen MR) is 83.9 cm³/mol. The van der Waals surface area contributed by atoms with E-state index in [1.807, 2.05) is 25.3 Å². The maximum absolute atomic E-state index is 12.0. The predicted octanol–water partition coefficient (Wildman–Crippen LogP) is 1.55. The van der Waals surface area contributed by atoms with Crippen LogP contribution in [0.4, 0.5) is 0 Å². The topological polar surface area (TPSA) is 97.1 Å². The number of aliphatic carboxylic acids is 1. The van der Waals surface area contributed by atoms with Gasteiger partial charge in [0.05, 0.1) is 5.69 Å². The van der Waals surface area contributed by atoms with E-state index in [-0.39, 0.29) is 12.5 Å². The van der Waals surface area contributed by atoms with Gasteiger partial charge in [0.15, 0.2) is 5.82 Å². The first-order chi connectivity index (χ1) is 10.9. The summed E-state index contributed by atoms with van der Waals surface area (Å²) in [4.78, 5) is 27.4. The van der Waals surface area contributed by atoms with Gasteiger partial charge < -0.3 is 10.4 Å². The summed E-state index contributed by atoms with van der Waals surface area (Å²) < 4.78 is 1.66. The Morgan fingerprint density at radius 3 is 2.52 bits per heavy atom. The van der Waals surface area contributed by atoms with Gasteiger partial charge in [-0.05, 0) is 30.5 Å². The number of carboxylic acid groups (broad SMARTS) is 1. The molecule has 0 radical (unpaired) electrons. The van der Waals surface area contributed by atoms with Crippen molar-refractivity contribution in [3.8, 4) is 5.82 Å². The van der Waals surface area contributed by atoms with Gasteiger partial charge in [-0.2, -0.15) is 5.10 Å². The molecule has 2 aromatic rings. The average molecular weight is 316 g/mol. The largest absolute Gasteiger partial charge is 0.481 e. The molecule has 0 aliphatic rings. The third kappa shape index (κ3) is 4.15. The van der Waals surface area contributed by atoms with Crippen molar-refractivity contribution in [2.45, 2.75) is 27.3 Å². The van der Waals surface area contributed by atoms with Crippen molar-refractivity contribution in [3.63, 3.8) is 0 Å². The molecule has 0 saturated heterocycles. The van der Waals surface area contributed by atoms with Gasteiger partial charge in [0, 0.05) is 18.9 Å². The van der Waals surface area contributed by atoms with E-state index >= 15 is 0 Å². The molecule has 2 aromatic heterocycles. The molecule has 0 aromatic carbocycles. The molecule has 122 valence electrons. The molecule has 0 fully saturated rings. The standard InChI is InChI=1S/C16H20N4O3/c1-10(2)14(16(22)23)15(21)18-9-12-4-5-13(17-8-12)20-7-6-11(3)19-20/h4-8,10,14H,9H2,1-3H3,(H,18,21)(H,22,23). The lowest BCUT2D eigenvalue weighted by molar-refractivity contribution is -0.148. The number of carbonyl (C=O) groups is 2. The van der Waals surface area contributed by atoms with E-state index in [4.69, 9.17) is 5.11 Å². The highest BCUT2D eigenvalue weighted by Gasteiger charge is 2.29. The van der Waals surface area contributed by atoms with E-state index in [0.717, 1.165) is 11.3 Å². The number of carbonyl (C=O) groups excluding carboxylic acids is 1. The summed E-state index contributed by atoms with van der Waals surface area (Å²) in [5.74, 6) is -2.23. The maximum atomic E-state index is 12.0. The zero-order valence-electron chi connectivity index (χ0n) is 13.4. The summed E-state index contributed by atoms with van der Waals surface area (Å²) in [5.41, 5.74) is 1.69. The van der Waals surface area contributed by atoms with E-state index in [2.05, 4.69) is 15.4 Å². The summed E-state index contributed by atoms with van der Waals surface area (Å²) in [6.07, 6.45) is 3.46. The smallest absolute Gasteiger partial charge is 0.316 e. The summed E-state index contributed by atoms with van der Waals surface area (Å²) >= 11 is 0. The average Bonchev–Trinajstić information content (AvgIpc) is 2.91. The van der Waals surface area contributed by atoms with Crippen molar-refractivity contribution in [3.05, 3.63) is 41.9 Å². The Balaban J connectivity index is 1.99. The van der Waals surface area contributed by atoms with Crippen LogP contribution in [0, 0.1) is 18.8 Å². The minimum absolute atomic E-state index is 0.237. The zero-order chi connectivity index (χ0) is 17.0. The summed E-state index contributed by atoms with van der Waals surface area (Å²) in [6.45, 7) is 5.55. The first kappa shape index (κ1) is 16.7. The number of aromatic nitrogens is 3. The number of hydrogen-bond acceptors (Lipinski definition) is 4. The van der Waals surface area contributed by atoms with Gasteiger partial charge in [-0.15, -0.1) is 0 Å². The maximum Gasteiger partial charge on any atom is 0.316 e. The second-order valence-corrected chi connectivity index (χ2v) is 5.70. The van der Waals surface area contributed by atoms with Gasteiger partial charge in [-0.3, -0.25) is 9.59 Å². The molecule has 2 N–H and O–H groups in total. The highest BCUT2D eigenvalue weighted by molar-refractivity contribution is 5.97. The van der Waals surface area contributed by atoms with Gasteiger partial charge in [0.2, 0.25) is 5.91 Å². The van der Waals surface area contributed by atoms with Crippen LogP contribution < -0.4 is 5.32 Å². The Labute approximate surface area is 134 Å². The van der Waals surface area contributed by atoms with Crippen LogP contribution in [-0.4, -0.2) is 31.7 Å². The van der Waals surface area contributed by atoms with Crippen LogP contribution in [0.2, 0.25) is 0 Å².